The van der Waals surface area contributed by atoms with Crippen LogP contribution in [-0.2, 0) is 23.8 Å². The molecule has 342 valence electrons. The van der Waals surface area contributed by atoms with E-state index in [9.17, 15) is 19.2 Å². The summed E-state index contributed by atoms with van der Waals surface area (Å²) in [6, 6.07) is 28.1. The predicted molar refractivity (Wildman–Crippen MR) is 249 cm³/mol. The fourth-order valence-electron chi connectivity index (χ4n) is 9.90. The van der Waals surface area contributed by atoms with Crippen molar-refractivity contribution in [1.82, 2.24) is 40.8 Å². The maximum atomic E-state index is 14.0. The van der Waals surface area contributed by atoms with Crippen LogP contribution >= 0.6 is 0 Å². The van der Waals surface area contributed by atoms with Gasteiger partial charge in [-0.1, -0.05) is 91.7 Å². The van der Waals surface area contributed by atoms with Crippen LogP contribution in [0.4, 0.5) is 9.59 Å². The number of fused-ring (bicyclic) bond motifs is 1. The Morgan fingerprint density at radius 2 is 1.30 bits per heavy atom. The van der Waals surface area contributed by atoms with E-state index in [0.29, 0.717) is 49.8 Å². The summed E-state index contributed by atoms with van der Waals surface area (Å²) in [4.78, 5) is 70.8. The van der Waals surface area contributed by atoms with Crippen LogP contribution in [0.25, 0.3) is 44.4 Å². The summed E-state index contributed by atoms with van der Waals surface area (Å²) in [5, 5.41) is 11.0. The van der Waals surface area contributed by atoms with Gasteiger partial charge in [0.15, 0.2) is 0 Å². The number of imidazole rings is 2. The van der Waals surface area contributed by atoms with Gasteiger partial charge in [0.25, 0.3) is 5.91 Å². The second kappa shape index (κ2) is 20.0. The summed E-state index contributed by atoms with van der Waals surface area (Å²) >= 11 is 0. The Bertz CT molecular complexity index is 2650. The highest BCUT2D eigenvalue weighted by Gasteiger charge is 2.38. The van der Waals surface area contributed by atoms with Gasteiger partial charge in [-0.2, -0.15) is 0 Å². The molecule has 5 N–H and O–H groups in total. The van der Waals surface area contributed by atoms with Gasteiger partial charge in [-0.15, -0.1) is 0 Å². The van der Waals surface area contributed by atoms with E-state index >= 15 is 0 Å². The van der Waals surface area contributed by atoms with E-state index in [-0.39, 0.29) is 35.7 Å². The summed E-state index contributed by atoms with van der Waals surface area (Å²) in [6.45, 7) is 1.65. The molecule has 1 aliphatic carbocycles. The minimum absolute atomic E-state index is 0.0568. The van der Waals surface area contributed by atoms with Crippen molar-refractivity contribution in [3.05, 3.63) is 121 Å². The number of methoxy groups -OCH3 is 2. The van der Waals surface area contributed by atoms with Gasteiger partial charge in [-0.25, -0.2) is 19.6 Å². The van der Waals surface area contributed by atoms with E-state index in [2.05, 4.69) is 86.6 Å². The summed E-state index contributed by atoms with van der Waals surface area (Å²) in [6.07, 6.45) is 9.42. The number of alkyl carbamates (subject to hydrolysis) is 2. The van der Waals surface area contributed by atoms with Crippen LogP contribution in [0.1, 0.15) is 86.7 Å². The Morgan fingerprint density at radius 3 is 2.03 bits per heavy atom. The van der Waals surface area contributed by atoms with Crippen LogP contribution in [0.2, 0.25) is 0 Å². The Morgan fingerprint density at radius 1 is 0.667 bits per heavy atom. The molecule has 0 radical (unpaired) electrons. The Balaban J connectivity index is 0.879. The van der Waals surface area contributed by atoms with Crippen molar-refractivity contribution in [3.63, 3.8) is 0 Å². The number of hydrogen-bond acceptors (Lipinski definition) is 9. The standard InChI is InChI=1S/C51H56N8O7/c1-64-50(62)57-44(35-22-25-66-26-23-35)48(60)56-43(33-11-6-7-12-33)47-53-29-40(55-47)32-16-14-31(15-17-32)36-18-19-38-28-39(21-20-37(38)27-36)41-30-52-46(54-41)42-13-8-24-59(42)49(61)45(58-51(63)65-2)34-9-4-3-5-10-34/h3-5,9-10,14-21,27-30,33,35,42-45H,6-8,11-13,22-26H2,1-2H3,(H,52,54)(H,53,55)(H,56,60)(H,57,62)(H,58,63)/t42-,43-,44-,45+/m0/s1. The van der Waals surface area contributed by atoms with Gasteiger partial charge in [-0.3, -0.25) is 9.59 Å². The zero-order chi connectivity index (χ0) is 45.6. The predicted octanol–water partition coefficient (Wildman–Crippen LogP) is 8.55. The average Bonchev–Trinajstić information content (AvgIpc) is 4.23. The molecule has 66 heavy (non-hydrogen) atoms. The largest absolute Gasteiger partial charge is 0.453 e. The molecule has 3 aliphatic rings. The van der Waals surface area contributed by atoms with E-state index in [0.717, 1.165) is 82.9 Å². The maximum absolute atomic E-state index is 14.0. The van der Waals surface area contributed by atoms with Gasteiger partial charge in [0, 0.05) is 25.3 Å². The number of likely N-dealkylation sites (tertiary alicyclic amines) is 1. The average molecular weight is 893 g/mol. The number of carbonyl (C=O) groups excluding carboxylic acids is 4. The van der Waals surface area contributed by atoms with Crippen LogP contribution < -0.4 is 16.0 Å². The molecule has 6 aromatic rings. The second-order valence-corrected chi connectivity index (χ2v) is 17.5. The zero-order valence-corrected chi connectivity index (χ0v) is 37.3. The number of aromatic nitrogens is 4. The molecule has 4 aromatic carbocycles. The number of carbonyl (C=O) groups is 4. The lowest BCUT2D eigenvalue weighted by molar-refractivity contribution is -0.134. The van der Waals surface area contributed by atoms with Crippen molar-refractivity contribution in [2.45, 2.75) is 75.5 Å². The molecule has 4 atom stereocenters. The fourth-order valence-corrected chi connectivity index (χ4v) is 9.90. The van der Waals surface area contributed by atoms with Crippen LogP contribution in [-0.4, -0.2) is 88.9 Å². The molecule has 1 saturated carbocycles. The first-order valence-electron chi connectivity index (χ1n) is 22.9. The normalized spacial score (nSPS) is 18.1. The Hall–Kier alpha value is -7.00. The first-order valence-corrected chi connectivity index (χ1v) is 22.9. The number of hydrogen-bond donors (Lipinski definition) is 5. The first kappa shape index (κ1) is 44.2. The quantitative estimate of drug-likeness (QED) is 0.0756. The molecule has 15 heteroatoms. The lowest BCUT2D eigenvalue weighted by Gasteiger charge is -2.32. The van der Waals surface area contributed by atoms with Crippen molar-refractivity contribution in [3.8, 4) is 33.6 Å². The molecular formula is C51H56N8O7. The van der Waals surface area contributed by atoms with Crippen LogP contribution in [0.5, 0.6) is 0 Å². The SMILES string of the molecule is COC(=O)N[C@H](C(=O)N[C@H](c1ncc(-c2ccc(-c3ccc4cc(-c5cnc([C@@H]6CCCN6C(=O)[C@H](NC(=O)OC)c6ccccc6)[nH]5)ccc4c3)cc2)[nH]1)C1CCCC1)C1CCOCC1. The summed E-state index contributed by atoms with van der Waals surface area (Å²) in [5.74, 6) is 1.13. The lowest BCUT2D eigenvalue weighted by atomic mass is 9.90. The highest BCUT2D eigenvalue weighted by atomic mass is 16.5. The fraction of sp³-hybridized carbons (Fsp3) is 0.373. The van der Waals surface area contributed by atoms with Crippen molar-refractivity contribution in [2.75, 3.05) is 34.0 Å². The number of H-pyrrole nitrogens is 2. The number of ether oxygens (including phenoxy) is 3. The smallest absolute Gasteiger partial charge is 0.407 e. The summed E-state index contributed by atoms with van der Waals surface area (Å²) in [5.41, 5.74) is 6.50. The van der Waals surface area contributed by atoms with Gasteiger partial charge < -0.3 is 45.0 Å². The summed E-state index contributed by atoms with van der Waals surface area (Å²) in [7, 11) is 2.59. The van der Waals surface area contributed by atoms with E-state index < -0.39 is 24.3 Å². The van der Waals surface area contributed by atoms with Crippen LogP contribution in [0.3, 0.4) is 0 Å². The van der Waals surface area contributed by atoms with E-state index in [1.165, 1.54) is 14.2 Å². The minimum Gasteiger partial charge on any atom is -0.453 e. The maximum Gasteiger partial charge on any atom is 0.407 e. The molecule has 0 unspecified atom stereocenters. The monoisotopic (exact) mass is 892 g/mol. The van der Waals surface area contributed by atoms with E-state index in [4.69, 9.17) is 24.2 Å². The number of nitrogens with one attached hydrogen (secondary N) is 5. The van der Waals surface area contributed by atoms with Gasteiger partial charge >= 0.3 is 12.2 Å². The van der Waals surface area contributed by atoms with E-state index in [1.54, 1.807) is 4.90 Å². The second-order valence-electron chi connectivity index (χ2n) is 17.5. The minimum atomic E-state index is -0.884. The number of benzene rings is 4. The Labute approximate surface area is 383 Å². The topological polar surface area (TPSA) is 193 Å². The van der Waals surface area contributed by atoms with Crippen molar-refractivity contribution < 1.29 is 33.4 Å². The van der Waals surface area contributed by atoms with Crippen molar-refractivity contribution in [1.29, 1.82) is 0 Å². The molecule has 2 aromatic heterocycles. The third-order valence-electron chi connectivity index (χ3n) is 13.5. The number of amides is 4. The van der Waals surface area contributed by atoms with Crippen molar-refractivity contribution >= 4 is 34.8 Å². The molecule has 0 spiro atoms. The molecule has 3 fully saturated rings. The third-order valence-corrected chi connectivity index (χ3v) is 13.5. The molecule has 15 nitrogen and oxygen atoms in total. The molecule has 4 amide bonds. The number of nitrogens with zero attached hydrogens (tertiary/aromatic N) is 3. The van der Waals surface area contributed by atoms with Crippen LogP contribution in [0, 0.1) is 11.8 Å². The lowest BCUT2D eigenvalue weighted by Crippen LogP contribution is -2.53. The number of rotatable bonds is 13. The molecule has 2 aliphatic heterocycles. The molecule has 0 bridgehead atoms. The van der Waals surface area contributed by atoms with Crippen molar-refractivity contribution in [2.24, 2.45) is 11.8 Å². The number of aromatic amines is 2. The molecule has 9 rings (SSSR count). The van der Waals surface area contributed by atoms with E-state index in [1.807, 2.05) is 42.7 Å². The molecule has 2 saturated heterocycles. The Kier molecular flexibility index (Phi) is 13.4. The van der Waals surface area contributed by atoms with Crippen LogP contribution in [0.15, 0.2) is 103 Å². The molecule has 4 heterocycles. The highest BCUT2D eigenvalue weighted by Crippen LogP contribution is 2.38. The van der Waals surface area contributed by atoms with Gasteiger partial charge in [0.2, 0.25) is 5.91 Å². The van der Waals surface area contributed by atoms with Gasteiger partial charge in [0.05, 0.1) is 50.1 Å². The third kappa shape index (κ3) is 9.66. The van der Waals surface area contributed by atoms with Gasteiger partial charge in [-0.05, 0) is 95.5 Å². The zero-order valence-electron chi connectivity index (χ0n) is 37.3. The van der Waals surface area contributed by atoms with Gasteiger partial charge in [0.1, 0.15) is 23.7 Å². The first-order chi connectivity index (χ1) is 32.3. The highest BCUT2D eigenvalue weighted by molar-refractivity contribution is 5.91. The molecular weight excluding hydrogens is 837 g/mol. The summed E-state index contributed by atoms with van der Waals surface area (Å²) < 4.78 is 15.3.